The number of rotatable bonds is 7. The molecule has 0 radical (unpaired) electrons. The summed E-state index contributed by atoms with van der Waals surface area (Å²) in [6, 6.07) is 4.83. The number of benzene rings is 1. The second kappa shape index (κ2) is 8.91. The number of ether oxygens (including phenoxy) is 1. The summed E-state index contributed by atoms with van der Waals surface area (Å²) in [6.07, 6.45) is 0. The Labute approximate surface area is 155 Å². The second-order valence-electron chi connectivity index (χ2n) is 5.49. The standard InChI is InChI=1S/C16H19ClN4O3S/c1-21(2)7-15-20-13(9-25-15)16(23)18-10-4-5-12(11(17)6-10)19-14(22)8-24-3/h4-6,9H,7-8H2,1-3H3,(H,18,23)(H,19,22). The van der Waals surface area contributed by atoms with Crippen LogP contribution in [0.4, 0.5) is 11.4 Å². The highest BCUT2D eigenvalue weighted by atomic mass is 35.5. The van der Waals surface area contributed by atoms with Crippen molar-refractivity contribution in [2.75, 3.05) is 38.4 Å². The topological polar surface area (TPSA) is 83.6 Å². The number of amides is 2. The van der Waals surface area contributed by atoms with Gasteiger partial charge in [-0.2, -0.15) is 0 Å². The molecule has 2 N–H and O–H groups in total. The zero-order valence-electron chi connectivity index (χ0n) is 14.1. The number of aromatic nitrogens is 1. The Morgan fingerprint density at radius 3 is 2.72 bits per heavy atom. The van der Waals surface area contributed by atoms with E-state index >= 15 is 0 Å². The maximum absolute atomic E-state index is 12.3. The number of nitrogens with one attached hydrogen (secondary N) is 2. The third-order valence-corrected chi connectivity index (χ3v) is 4.16. The molecule has 0 aliphatic heterocycles. The van der Waals surface area contributed by atoms with Crippen LogP contribution < -0.4 is 10.6 Å². The highest BCUT2D eigenvalue weighted by Crippen LogP contribution is 2.26. The zero-order valence-corrected chi connectivity index (χ0v) is 15.7. The van der Waals surface area contributed by atoms with Gasteiger partial charge in [0.1, 0.15) is 17.3 Å². The molecule has 25 heavy (non-hydrogen) atoms. The molecular weight excluding hydrogens is 364 g/mol. The fourth-order valence-electron chi connectivity index (χ4n) is 1.97. The number of methoxy groups -OCH3 is 1. The molecule has 7 nitrogen and oxygen atoms in total. The average molecular weight is 383 g/mol. The van der Waals surface area contributed by atoms with E-state index in [2.05, 4.69) is 15.6 Å². The van der Waals surface area contributed by atoms with E-state index in [0.29, 0.717) is 28.6 Å². The van der Waals surface area contributed by atoms with Crippen molar-refractivity contribution in [3.63, 3.8) is 0 Å². The van der Waals surface area contributed by atoms with Crippen LogP contribution in [0.3, 0.4) is 0 Å². The average Bonchev–Trinajstić information content (AvgIpc) is 2.98. The molecule has 1 aromatic heterocycles. The van der Waals surface area contributed by atoms with Gasteiger partial charge in [-0.25, -0.2) is 4.98 Å². The number of thiazole rings is 1. The molecule has 1 heterocycles. The van der Waals surface area contributed by atoms with Gasteiger partial charge in [-0.3, -0.25) is 9.59 Å². The largest absolute Gasteiger partial charge is 0.375 e. The molecule has 0 saturated carbocycles. The Bertz CT molecular complexity index is 764. The zero-order chi connectivity index (χ0) is 18.4. The van der Waals surface area contributed by atoms with Crippen molar-refractivity contribution in [2.24, 2.45) is 0 Å². The Balaban J connectivity index is 2.02. The number of nitrogens with zero attached hydrogens (tertiary/aromatic N) is 2. The van der Waals surface area contributed by atoms with Gasteiger partial charge in [0.25, 0.3) is 5.91 Å². The number of halogens is 1. The maximum Gasteiger partial charge on any atom is 0.275 e. The van der Waals surface area contributed by atoms with Crippen LogP contribution in [0.15, 0.2) is 23.6 Å². The van der Waals surface area contributed by atoms with Crippen molar-refractivity contribution in [3.05, 3.63) is 39.3 Å². The molecule has 0 bridgehead atoms. The SMILES string of the molecule is COCC(=O)Nc1ccc(NC(=O)c2csc(CN(C)C)n2)cc1Cl. The fraction of sp³-hybridized carbons (Fsp3) is 0.312. The molecular formula is C16H19ClN4O3S. The number of carbonyl (C=O) groups excluding carboxylic acids is 2. The van der Waals surface area contributed by atoms with Crippen molar-refractivity contribution in [1.82, 2.24) is 9.88 Å². The lowest BCUT2D eigenvalue weighted by atomic mass is 10.2. The van der Waals surface area contributed by atoms with E-state index in [1.54, 1.807) is 23.6 Å². The van der Waals surface area contributed by atoms with Gasteiger partial charge in [0, 0.05) is 24.7 Å². The molecule has 2 rings (SSSR count). The van der Waals surface area contributed by atoms with E-state index in [9.17, 15) is 9.59 Å². The van der Waals surface area contributed by atoms with Crippen LogP contribution in [-0.2, 0) is 16.1 Å². The Hall–Kier alpha value is -2.00. The molecule has 2 aromatic rings. The molecule has 0 unspecified atom stereocenters. The van der Waals surface area contributed by atoms with Gasteiger partial charge in [-0.15, -0.1) is 11.3 Å². The van der Waals surface area contributed by atoms with Crippen LogP contribution in [0.25, 0.3) is 0 Å². The lowest BCUT2D eigenvalue weighted by Gasteiger charge is -2.09. The number of carbonyl (C=O) groups is 2. The normalized spacial score (nSPS) is 10.8. The number of anilines is 2. The van der Waals surface area contributed by atoms with E-state index in [1.807, 2.05) is 19.0 Å². The lowest BCUT2D eigenvalue weighted by Crippen LogP contribution is -2.17. The maximum atomic E-state index is 12.3. The Morgan fingerprint density at radius 2 is 2.08 bits per heavy atom. The molecule has 0 aliphatic rings. The molecule has 1 aromatic carbocycles. The van der Waals surface area contributed by atoms with Gasteiger partial charge < -0.3 is 20.3 Å². The highest BCUT2D eigenvalue weighted by Gasteiger charge is 2.13. The molecule has 134 valence electrons. The first-order valence-corrected chi connectivity index (χ1v) is 8.63. The van der Waals surface area contributed by atoms with Gasteiger partial charge >= 0.3 is 0 Å². The second-order valence-corrected chi connectivity index (χ2v) is 6.84. The summed E-state index contributed by atoms with van der Waals surface area (Å²) in [5.74, 6) is -0.620. The summed E-state index contributed by atoms with van der Waals surface area (Å²) >= 11 is 7.57. The van der Waals surface area contributed by atoms with Gasteiger partial charge in [0.15, 0.2) is 0 Å². The minimum absolute atomic E-state index is 0.0616. The fourth-order valence-corrected chi connectivity index (χ4v) is 3.08. The van der Waals surface area contributed by atoms with Gasteiger partial charge in [0.2, 0.25) is 5.91 Å². The van der Waals surface area contributed by atoms with E-state index < -0.39 is 0 Å². The Kier molecular flexibility index (Phi) is 6.89. The van der Waals surface area contributed by atoms with Crippen molar-refractivity contribution < 1.29 is 14.3 Å². The molecule has 0 aliphatic carbocycles. The van der Waals surface area contributed by atoms with E-state index in [-0.39, 0.29) is 18.4 Å². The lowest BCUT2D eigenvalue weighted by molar-refractivity contribution is -0.119. The smallest absolute Gasteiger partial charge is 0.275 e. The van der Waals surface area contributed by atoms with Crippen LogP contribution in [0.1, 0.15) is 15.5 Å². The monoisotopic (exact) mass is 382 g/mol. The van der Waals surface area contributed by atoms with Crippen LogP contribution in [0.5, 0.6) is 0 Å². The quantitative estimate of drug-likeness (QED) is 0.769. The molecule has 0 spiro atoms. The molecule has 0 atom stereocenters. The number of hydrogen-bond acceptors (Lipinski definition) is 6. The van der Waals surface area contributed by atoms with Crippen molar-refractivity contribution in [2.45, 2.75) is 6.54 Å². The van der Waals surface area contributed by atoms with E-state index in [4.69, 9.17) is 16.3 Å². The van der Waals surface area contributed by atoms with Gasteiger partial charge in [-0.05, 0) is 32.3 Å². The van der Waals surface area contributed by atoms with Crippen molar-refractivity contribution in [1.29, 1.82) is 0 Å². The summed E-state index contributed by atoms with van der Waals surface area (Å²) in [5, 5.41) is 8.26. The third-order valence-electron chi connectivity index (χ3n) is 3.01. The minimum atomic E-state index is -0.312. The summed E-state index contributed by atoms with van der Waals surface area (Å²) < 4.78 is 4.75. The van der Waals surface area contributed by atoms with Crippen LogP contribution in [0, 0.1) is 0 Å². The predicted molar refractivity (Wildman–Crippen MR) is 99.4 cm³/mol. The first-order valence-electron chi connectivity index (χ1n) is 7.38. The molecule has 0 saturated heterocycles. The van der Waals surface area contributed by atoms with Gasteiger partial charge in [-0.1, -0.05) is 11.6 Å². The van der Waals surface area contributed by atoms with Crippen LogP contribution in [0.2, 0.25) is 5.02 Å². The summed E-state index contributed by atoms with van der Waals surface area (Å²) in [6.45, 7) is 0.619. The van der Waals surface area contributed by atoms with Crippen molar-refractivity contribution in [3.8, 4) is 0 Å². The first-order chi connectivity index (χ1) is 11.9. The Morgan fingerprint density at radius 1 is 1.32 bits per heavy atom. The summed E-state index contributed by atoms with van der Waals surface area (Å²) in [5.41, 5.74) is 1.32. The minimum Gasteiger partial charge on any atom is -0.375 e. The number of hydrogen-bond donors (Lipinski definition) is 2. The molecule has 0 fully saturated rings. The summed E-state index contributed by atoms with van der Waals surface area (Å²) in [7, 11) is 5.31. The van der Waals surface area contributed by atoms with E-state index in [0.717, 1.165) is 5.01 Å². The third kappa shape index (κ3) is 5.79. The first kappa shape index (κ1) is 19.3. The summed E-state index contributed by atoms with van der Waals surface area (Å²) in [4.78, 5) is 30.1. The van der Waals surface area contributed by atoms with Crippen LogP contribution in [-0.4, -0.2) is 49.5 Å². The van der Waals surface area contributed by atoms with Gasteiger partial charge in [0.05, 0.1) is 10.7 Å². The van der Waals surface area contributed by atoms with E-state index in [1.165, 1.54) is 18.4 Å². The predicted octanol–water partition coefficient (Wildman–Crippen LogP) is 2.70. The molecule has 9 heteroatoms. The highest BCUT2D eigenvalue weighted by molar-refractivity contribution is 7.09. The van der Waals surface area contributed by atoms with Crippen LogP contribution >= 0.6 is 22.9 Å². The molecule has 2 amide bonds. The van der Waals surface area contributed by atoms with Crippen molar-refractivity contribution >= 4 is 46.1 Å².